The van der Waals surface area contributed by atoms with E-state index in [1.165, 1.54) is 0 Å². The second-order valence-electron chi connectivity index (χ2n) is 9.74. The number of aromatic hydroxyl groups is 1. The van der Waals surface area contributed by atoms with Crippen LogP contribution in [0.2, 0.25) is 0 Å². The average Bonchev–Trinajstić information content (AvgIpc) is 3.38. The molecule has 0 spiro atoms. The van der Waals surface area contributed by atoms with E-state index in [0.29, 0.717) is 17.2 Å². The summed E-state index contributed by atoms with van der Waals surface area (Å²) in [6.07, 6.45) is 9.60. The minimum absolute atomic E-state index is 0.0580. The lowest BCUT2D eigenvalue weighted by Gasteiger charge is -2.46. The van der Waals surface area contributed by atoms with Crippen molar-refractivity contribution in [2.75, 3.05) is 11.9 Å². The third-order valence-electron chi connectivity index (χ3n) is 7.27. The summed E-state index contributed by atoms with van der Waals surface area (Å²) in [5.41, 5.74) is 1.19. The fourth-order valence-electron chi connectivity index (χ4n) is 5.56. The van der Waals surface area contributed by atoms with Crippen molar-refractivity contribution >= 4 is 5.82 Å². The van der Waals surface area contributed by atoms with Crippen molar-refractivity contribution in [3.05, 3.63) is 43.1 Å². The molecule has 2 bridgehead atoms. The highest BCUT2D eigenvalue weighted by molar-refractivity contribution is 5.66. The van der Waals surface area contributed by atoms with Crippen LogP contribution in [0.5, 0.6) is 5.75 Å². The van der Waals surface area contributed by atoms with Crippen LogP contribution in [0.1, 0.15) is 39.5 Å². The molecule has 2 saturated carbocycles. The van der Waals surface area contributed by atoms with E-state index in [2.05, 4.69) is 34.0 Å². The molecule has 0 amide bonds. The van der Waals surface area contributed by atoms with Crippen molar-refractivity contribution in [3.8, 4) is 22.8 Å². The molecule has 2 aromatic heterocycles. The fourth-order valence-corrected chi connectivity index (χ4v) is 5.56. The van der Waals surface area contributed by atoms with Crippen molar-refractivity contribution in [3.63, 3.8) is 0 Å². The number of phenolic OH excluding ortho intramolecular Hbond substituents is 1. The van der Waals surface area contributed by atoms with Gasteiger partial charge in [-0.15, -0.1) is 10.2 Å². The number of hydrogen-bond donors (Lipinski definition) is 1. The first-order valence-electron chi connectivity index (χ1n) is 10.7. The number of fused-ring (bicyclic) bond motifs is 2. The lowest BCUT2D eigenvalue weighted by molar-refractivity contribution is 0.0380. The van der Waals surface area contributed by atoms with Gasteiger partial charge in [0.2, 0.25) is 0 Å². The van der Waals surface area contributed by atoms with Crippen LogP contribution >= 0.6 is 0 Å². The van der Waals surface area contributed by atoms with Crippen LogP contribution in [0.15, 0.2) is 43.1 Å². The minimum Gasteiger partial charge on any atom is -0.507 e. The van der Waals surface area contributed by atoms with Gasteiger partial charge >= 0.3 is 0 Å². The molecule has 0 radical (unpaired) electrons. The number of alkyl halides is 1. The molecule has 2 aliphatic carbocycles. The molecule has 0 unspecified atom stereocenters. The summed E-state index contributed by atoms with van der Waals surface area (Å²) in [5.74, 6) is 0.924. The van der Waals surface area contributed by atoms with E-state index in [0.717, 1.165) is 31.4 Å². The van der Waals surface area contributed by atoms with Gasteiger partial charge in [0.1, 0.15) is 11.9 Å². The van der Waals surface area contributed by atoms with Crippen LogP contribution in [-0.4, -0.2) is 49.1 Å². The lowest BCUT2D eigenvalue weighted by Crippen LogP contribution is -2.52. The van der Waals surface area contributed by atoms with Crippen molar-refractivity contribution in [1.82, 2.24) is 24.7 Å². The molecule has 162 valence electrons. The van der Waals surface area contributed by atoms with Gasteiger partial charge in [0, 0.05) is 30.9 Å². The number of halogens is 1. The van der Waals surface area contributed by atoms with E-state index in [9.17, 15) is 5.11 Å². The Hall–Kier alpha value is -3.03. The maximum Gasteiger partial charge on any atom is 0.185 e. The van der Waals surface area contributed by atoms with E-state index >= 15 is 4.39 Å². The first-order chi connectivity index (χ1) is 14.8. The molecule has 1 aromatic carbocycles. The van der Waals surface area contributed by atoms with Gasteiger partial charge in [0.05, 0.1) is 29.8 Å². The largest absolute Gasteiger partial charge is 0.507 e. The highest BCUT2D eigenvalue weighted by atomic mass is 19.1. The molecule has 31 heavy (non-hydrogen) atoms. The second-order valence-corrected chi connectivity index (χ2v) is 9.74. The Kier molecular flexibility index (Phi) is 4.50. The smallest absolute Gasteiger partial charge is 0.185 e. The van der Waals surface area contributed by atoms with E-state index < -0.39 is 6.17 Å². The standard InChI is InChI=1S/C23H27FN6O/c1-22-6-7-23(2,13-22)20(24)17(11-22)29(3)19-12-26-21(28-27-19)16-5-4-15(10-18(16)31)30-9-8-25-14-30/h4-5,8-10,12,14,17,20,31H,6-7,11,13H2,1-3H3/t17-,20-,22-,23-/m0/s1. The Morgan fingerprint density at radius 1 is 1.23 bits per heavy atom. The lowest BCUT2D eigenvalue weighted by atomic mass is 9.67. The molecule has 2 aliphatic rings. The summed E-state index contributed by atoms with van der Waals surface area (Å²) in [6.45, 7) is 4.35. The number of imidazole rings is 1. The van der Waals surface area contributed by atoms with Crippen LogP contribution in [0.3, 0.4) is 0 Å². The number of anilines is 1. The van der Waals surface area contributed by atoms with E-state index in [4.69, 9.17) is 0 Å². The highest BCUT2D eigenvalue weighted by Gasteiger charge is 2.56. The predicted octanol–water partition coefficient (Wildman–Crippen LogP) is 4.17. The Bertz CT molecular complexity index is 1090. The average molecular weight is 423 g/mol. The first-order valence-corrected chi connectivity index (χ1v) is 10.7. The van der Waals surface area contributed by atoms with Crippen LogP contribution in [-0.2, 0) is 0 Å². The van der Waals surface area contributed by atoms with Gasteiger partial charge < -0.3 is 14.6 Å². The van der Waals surface area contributed by atoms with Gasteiger partial charge in [0.15, 0.2) is 11.6 Å². The maximum absolute atomic E-state index is 15.4. The highest BCUT2D eigenvalue weighted by Crippen LogP contribution is 2.59. The van der Waals surface area contributed by atoms with Gasteiger partial charge in [0.25, 0.3) is 0 Å². The van der Waals surface area contributed by atoms with Crippen molar-refractivity contribution in [1.29, 1.82) is 0 Å². The van der Waals surface area contributed by atoms with Gasteiger partial charge in [-0.25, -0.2) is 14.4 Å². The van der Waals surface area contributed by atoms with Crippen LogP contribution in [0.4, 0.5) is 10.2 Å². The van der Waals surface area contributed by atoms with Crippen molar-refractivity contribution < 1.29 is 9.50 Å². The van der Waals surface area contributed by atoms with Crippen LogP contribution < -0.4 is 4.90 Å². The van der Waals surface area contributed by atoms with E-state index in [1.807, 2.05) is 18.0 Å². The summed E-state index contributed by atoms with van der Waals surface area (Å²) in [6, 6.07) is 5.00. The zero-order valence-corrected chi connectivity index (χ0v) is 18.0. The van der Waals surface area contributed by atoms with E-state index in [-0.39, 0.29) is 22.6 Å². The zero-order chi connectivity index (χ0) is 21.8. The quantitative estimate of drug-likeness (QED) is 0.680. The van der Waals surface area contributed by atoms with Gasteiger partial charge in [-0.2, -0.15) is 0 Å². The SMILES string of the molecule is CN(c1cnc(-c2ccc(-n3ccnc3)cc2O)nn1)[C@H]1C[C@]2(C)CC[C@@](C)(C2)[C@H]1F. The molecule has 0 aliphatic heterocycles. The van der Waals surface area contributed by atoms with E-state index in [1.54, 1.807) is 41.6 Å². The second kappa shape index (κ2) is 7.00. The number of rotatable bonds is 4. The number of hydrogen-bond acceptors (Lipinski definition) is 6. The molecule has 7 nitrogen and oxygen atoms in total. The normalized spacial score (nSPS) is 29.8. The Morgan fingerprint density at radius 3 is 2.74 bits per heavy atom. The molecule has 8 heteroatoms. The maximum atomic E-state index is 15.4. The Balaban J connectivity index is 1.38. The molecule has 0 saturated heterocycles. The predicted molar refractivity (Wildman–Crippen MR) is 116 cm³/mol. The molecule has 2 fully saturated rings. The summed E-state index contributed by atoms with van der Waals surface area (Å²) in [4.78, 5) is 10.3. The third kappa shape index (κ3) is 3.34. The van der Waals surface area contributed by atoms with Crippen molar-refractivity contribution in [2.24, 2.45) is 10.8 Å². The van der Waals surface area contributed by atoms with Crippen LogP contribution in [0.25, 0.3) is 17.1 Å². The first kappa shape index (κ1) is 19.9. The fraction of sp³-hybridized carbons (Fsp3) is 0.478. The van der Waals surface area contributed by atoms with Gasteiger partial charge in [-0.1, -0.05) is 13.8 Å². The summed E-state index contributed by atoms with van der Waals surface area (Å²) >= 11 is 0. The Morgan fingerprint density at radius 2 is 2.06 bits per heavy atom. The number of benzene rings is 1. The number of aromatic nitrogens is 5. The van der Waals surface area contributed by atoms with Crippen LogP contribution in [0, 0.1) is 10.8 Å². The topological polar surface area (TPSA) is 80.0 Å². The summed E-state index contributed by atoms with van der Waals surface area (Å²) < 4.78 is 17.2. The molecule has 5 rings (SSSR count). The van der Waals surface area contributed by atoms with Crippen molar-refractivity contribution in [2.45, 2.75) is 51.7 Å². The minimum atomic E-state index is -0.908. The molecule has 3 aromatic rings. The summed E-state index contributed by atoms with van der Waals surface area (Å²) in [7, 11) is 1.87. The summed E-state index contributed by atoms with van der Waals surface area (Å²) in [5, 5.41) is 19.0. The molecule has 1 N–H and O–H groups in total. The van der Waals surface area contributed by atoms with Gasteiger partial charge in [-0.05, 0) is 43.2 Å². The number of nitrogens with zero attached hydrogens (tertiary/aromatic N) is 6. The zero-order valence-electron chi connectivity index (χ0n) is 18.0. The molecule has 4 atom stereocenters. The third-order valence-corrected chi connectivity index (χ3v) is 7.27. The monoisotopic (exact) mass is 422 g/mol. The molecular formula is C23H27FN6O. The van der Waals surface area contributed by atoms with Gasteiger partial charge in [-0.3, -0.25) is 0 Å². The number of phenols is 1. The Labute approximate surface area is 181 Å². The molecular weight excluding hydrogens is 395 g/mol. The molecule has 2 heterocycles.